The van der Waals surface area contributed by atoms with Crippen molar-refractivity contribution in [1.29, 1.82) is 0 Å². The quantitative estimate of drug-likeness (QED) is 0.102. The molecule has 4 unspecified atom stereocenters. The van der Waals surface area contributed by atoms with Crippen molar-refractivity contribution in [3.63, 3.8) is 0 Å². The first kappa shape index (κ1) is 28.2. The number of rotatable bonds is 5. The lowest BCUT2D eigenvalue weighted by Gasteiger charge is -2.27. The number of hydrogen-bond acceptors (Lipinski definition) is 7. The number of carbonyl (C=O) groups is 2. The van der Waals surface area contributed by atoms with Crippen LogP contribution in [0.2, 0.25) is 0 Å². The van der Waals surface area contributed by atoms with Crippen LogP contribution in [0.1, 0.15) is 29.6 Å². The van der Waals surface area contributed by atoms with Crippen LogP contribution in [0.4, 0.5) is 17.6 Å². The zero-order valence-electron chi connectivity index (χ0n) is 17.5. The molecule has 2 aliphatic rings. The van der Waals surface area contributed by atoms with Crippen molar-refractivity contribution in [2.24, 2.45) is 17.8 Å². The van der Waals surface area contributed by atoms with Gasteiger partial charge in [0.1, 0.15) is 21.1 Å². The van der Waals surface area contributed by atoms with Gasteiger partial charge in [-0.25, -0.2) is 22.0 Å². The van der Waals surface area contributed by atoms with Crippen LogP contribution in [0.25, 0.3) is 0 Å². The maximum absolute atomic E-state index is 14.2. The molecule has 4 rings (SSSR count). The van der Waals surface area contributed by atoms with Crippen molar-refractivity contribution in [2.45, 2.75) is 30.3 Å². The molecule has 4 atom stereocenters. The second kappa shape index (κ2) is 10.4. The summed E-state index contributed by atoms with van der Waals surface area (Å²) in [5.74, 6) is -14.6. The van der Waals surface area contributed by atoms with Crippen molar-refractivity contribution in [2.75, 3.05) is 0 Å². The van der Waals surface area contributed by atoms with E-state index in [1.165, 1.54) is 0 Å². The third-order valence-corrected chi connectivity index (χ3v) is 10.7. The summed E-state index contributed by atoms with van der Waals surface area (Å²) in [6.45, 7) is 0. The summed E-state index contributed by atoms with van der Waals surface area (Å²) in [6, 6.07) is 3.61. The van der Waals surface area contributed by atoms with Crippen LogP contribution in [0.15, 0.2) is 17.0 Å². The first-order chi connectivity index (χ1) is 16.7. The minimum atomic E-state index is -5.88. The molecule has 0 saturated heterocycles. The smallest absolute Gasteiger partial charge is 0.339 e. The molecule has 0 aliphatic heterocycles. The van der Waals surface area contributed by atoms with Crippen LogP contribution < -0.4 is 4.74 Å². The highest BCUT2D eigenvalue weighted by Gasteiger charge is 2.51. The molecule has 0 heterocycles. The Balaban J connectivity index is 1.47. The molecule has 7 nitrogen and oxygen atoms in total. The van der Waals surface area contributed by atoms with Crippen LogP contribution in [0, 0.1) is 51.7 Å². The topological polar surface area (TPSA) is 110 Å². The van der Waals surface area contributed by atoms with Crippen molar-refractivity contribution < 1.29 is 49.6 Å². The summed E-state index contributed by atoms with van der Waals surface area (Å²) in [4.78, 5) is 23.0. The SMILES string of the molecule is O=C(OC1CC2CC1CC2C(=O)Oc1c(F)c(F)c(S(=O)(=O)[O-])c(F)c1F)c1cc(I)cc(I)c1I. The van der Waals surface area contributed by atoms with E-state index in [9.17, 15) is 40.1 Å². The lowest BCUT2D eigenvalue weighted by atomic mass is 9.87. The summed E-state index contributed by atoms with van der Waals surface area (Å²) in [6.07, 6.45) is 0.376. The molecule has 0 radical (unpaired) electrons. The van der Waals surface area contributed by atoms with E-state index in [0.717, 1.165) is 10.7 Å². The molecular weight excluding hydrogens is 853 g/mol. The predicted octanol–water partition coefficient (Wildman–Crippen LogP) is 5.14. The minimum absolute atomic E-state index is 0.142. The fourth-order valence-corrected chi connectivity index (χ4v) is 7.63. The van der Waals surface area contributed by atoms with E-state index in [2.05, 4.69) is 49.9 Å². The highest BCUT2D eigenvalue weighted by Crippen LogP contribution is 2.50. The van der Waals surface area contributed by atoms with Gasteiger partial charge in [-0.2, -0.15) is 8.78 Å². The Hall–Kier alpha value is -0.800. The zero-order valence-corrected chi connectivity index (χ0v) is 24.8. The van der Waals surface area contributed by atoms with E-state index in [-0.39, 0.29) is 24.7 Å². The Bertz CT molecular complexity index is 1370. The standard InChI is InChI=1S/C21H13F4I3O7S/c22-13-15(24)19(36(31,32)33)16(25)14(23)18(13)35-20(29)9-2-7-1-6(9)3-12(7)34-21(30)10-4-8(26)5-11(27)17(10)28/h4-7,9,12H,1-3H2,(H,31,32,33)/p-1. The average Bonchev–Trinajstić information content (AvgIpc) is 3.37. The van der Waals surface area contributed by atoms with Crippen LogP contribution >= 0.6 is 67.8 Å². The molecule has 36 heavy (non-hydrogen) atoms. The molecule has 2 bridgehead atoms. The number of fused-ring (bicyclic) bond motifs is 2. The molecule has 194 valence electrons. The van der Waals surface area contributed by atoms with Crippen molar-refractivity contribution in [3.8, 4) is 5.75 Å². The van der Waals surface area contributed by atoms with Gasteiger partial charge in [-0.3, -0.25) is 4.79 Å². The monoisotopic (exact) mass is 865 g/mol. The number of benzene rings is 2. The highest BCUT2D eigenvalue weighted by atomic mass is 127. The van der Waals surface area contributed by atoms with Gasteiger partial charge in [0, 0.05) is 10.7 Å². The molecule has 0 N–H and O–H groups in total. The number of halogens is 7. The Kier molecular flexibility index (Phi) is 8.15. The van der Waals surface area contributed by atoms with Gasteiger partial charge in [0.15, 0.2) is 11.6 Å². The van der Waals surface area contributed by atoms with Crippen LogP contribution in [-0.2, 0) is 19.6 Å². The third kappa shape index (κ3) is 5.22. The number of hydrogen-bond donors (Lipinski definition) is 0. The molecule has 2 aromatic carbocycles. The van der Waals surface area contributed by atoms with E-state index in [1.807, 2.05) is 28.7 Å². The largest absolute Gasteiger partial charge is 0.744 e. The summed E-state index contributed by atoms with van der Waals surface area (Å²) in [7, 11) is -5.88. The molecule has 2 aromatic rings. The number of ether oxygens (including phenoxy) is 2. The van der Waals surface area contributed by atoms with Gasteiger partial charge >= 0.3 is 11.9 Å². The summed E-state index contributed by atoms with van der Waals surface area (Å²) >= 11 is 6.24. The number of esters is 2. The molecule has 15 heteroatoms. The summed E-state index contributed by atoms with van der Waals surface area (Å²) in [5, 5.41) is 0. The fourth-order valence-electron chi connectivity index (χ4n) is 4.64. The molecule has 0 aromatic heterocycles. The second-order valence-electron chi connectivity index (χ2n) is 8.32. The Morgan fingerprint density at radius 1 is 0.917 bits per heavy atom. The Morgan fingerprint density at radius 3 is 2.06 bits per heavy atom. The van der Waals surface area contributed by atoms with E-state index in [1.54, 1.807) is 6.07 Å². The predicted molar refractivity (Wildman–Crippen MR) is 138 cm³/mol. The molecule has 2 saturated carbocycles. The lowest BCUT2D eigenvalue weighted by Crippen LogP contribution is -2.33. The van der Waals surface area contributed by atoms with E-state index in [0.29, 0.717) is 12.0 Å². The van der Waals surface area contributed by atoms with Crippen LogP contribution in [0.3, 0.4) is 0 Å². The zero-order chi connectivity index (χ0) is 26.7. The third-order valence-electron chi connectivity index (χ3n) is 6.20. The van der Waals surface area contributed by atoms with E-state index in [4.69, 9.17) is 4.74 Å². The van der Waals surface area contributed by atoms with Gasteiger partial charge in [-0.05, 0) is 111 Å². The highest BCUT2D eigenvalue weighted by molar-refractivity contribution is 14.1. The Morgan fingerprint density at radius 2 is 1.53 bits per heavy atom. The van der Waals surface area contributed by atoms with Gasteiger partial charge in [0.2, 0.25) is 17.4 Å². The van der Waals surface area contributed by atoms with Gasteiger partial charge in [0.25, 0.3) is 0 Å². The van der Waals surface area contributed by atoms with E-state index < -0.39 is 68.0 Å². The van der Waals surface area contributed by atoms with Crippen molar-refractivity contribution in [1.82, 2.24) is 0 Å². The Labute approximate surface area is 242 Å². The molecule has 2 aliphatic carbocycles. The molecule has 0 amide bonds. The number of carbonyl (C=O) groups excluding carboxylic acids is 2. The van der Waals surface area contributed by atoms with Crippen LogP contribution in [-0.4, -0.2) is 31.0 Å². The van der Waals surface area contributed by atoms with Gasteiger partial charge in [-0.1, -0.05) is 0 Å². The minimum Gasteiger partial charge on any atom is -0.744 e. The fraction of sp³-hybridized carbons (Fsp3) is 0.333. The van der Waals surface area contributed by atoms with Crippen molar-refractivity contribution in [3.05, 3.63) is 51.7 Å². The van der Waals surface area contributed by atoms with Crippen LogP contribution in [0.5, 0.6) is 5.75 Å². The van der Waals surface area contributed by atoms with Gasteiger partial charge in [0.05, 0.1) is 11.5 Å². The normalized spacial score (nSPS) is 23.1. The molecular formula is C21H12F4I3O7S-. The molecule has 0 spiro atoms. The first-order valence-electron chi connectivity index (χ1n) is 10.1. The summed E-state index contributed by atoms with van der Waals surface area (Å²) in [5.41, 5.74) is 0.407. The van der Waals surface area contributed by atoms with E-state index >= 15 is 0 Å². The van der Waals surface area contributed by atoms with Gasteiger partial charge < -0.3 is 14.0 Å². The first-order valence-corrected chi connectivity index (χ1v) is 14.7. The second-order valence-corrected chi connectivity index (χ2v) is 13.1. The van der Waals surface area contributed by atoms with Crippen molar-refractivity contribution >= 4 is 89.8 Å². The maximum Gasteiger partial charge on any atom is 0.339 e. The lowest BCUT2D eigenvalue weighted by molar-refractivity contribution is -0.141. The summed E-state index contributed by atoms with van der Waals surface area (Å²) < 4.78 is 102. The molecule has 2 fully saturated rings. The average molecular weight is 865 g/mol. The van der Waals surface area contributed by atoms with Gasteiger partial charge in [-0.15, -0.1) is 0 Å². The maximum atomic E-state index is 14.2.